The van der Waals surface area contributed by atoms with E-state index in [-0.39, 0.29) is 6.61 Å². The Morgan fingerprint density at radius 2 is 2.12 bits per heavy atom. The summed E-state index contributed by atoms with van der Waals surface area (Å²) in [5, 5.41) is 18.8. The Balaban J connectivity index is 3.28. The Kier molecular flexibility index (Phi) is 4.67. The summed E-state index contributed by atoms with van der Waals surface area (Å²) in [6.45, 7) is 1.73. The minimum absolute atomic E-state index is 0.316. The zero-order valence-corrected chi connectivity index (χ0v) is 9.73. The lowest BCUT2D eigenvalue weighted by Gasteiger charge is -2.18. The predicted molar refractivity (Wildman–Crippen MR) is 58.3 cm³/mol. The molecule has 1 aromatic heterocycles. The predicted octanol–water partition coefficient (Wildman–Crippen LogP) is 0.571. The molecule has 0 aromatic carbocycles. The number of nitrogens with zero attached hydrogens (tertiary/aromatic N) is 1. The molecule has 1 heterocycles. The SMILES string of the molecule is COCc1cnc(C)c(OC)c1C(O)CO. The molecule has 0 saturated carbocycles. The second-order valence-electron chi connectivity index (χ2n) is 3.45. The lowest BCUT2D eigenvalue weighted by atomic mass is 10.0. The molecule has 1 atom stereocenters. The maximum Gasteiger partial charge on any atom is 0.146 e. The lowest BCUT2D eigenvalue weighted by Crippen LogP contribution is -2.11. The Bertz CT molecular complexity index is 354. The van der Waals surface area contributed by atoms with Crippen molar-refractivity contribution in [2.45, 2.75) is 19.6 Å². The van der Waals surface area contributed by atoms with Gasteiger partial charge in [0.05, 0.1) is 26.0 Å². The first-order chi connectivity index (χ1) is 7.65. The number of hydrogen-bond donors (Lipinski definition) is 2. The molecule has 0 aliphatic carbocycles. The van der Waals surface area contributed by atoms with E-state index < -0.39 is 6.10 Å². The molecule has 1 aromatic rings. The van der Waals surface area contributed by atoms with E-state index in [9.17, 15) is 5.11 Å². The Labute approximate surface area is 94.7 Å². The van der Waals surface area contributed by atoms with Crippen LogP contribution in [0.5, 0.6) is 5.75 Å². The number of ether oxygens (including phenoxy) is 2. The third kappa shape index (κ3) is 2.49. The molecular weight excluding hydrogens is 210 g/mol. The molecular formula is C11H17NO4. The second-order valence-corrected chi connectivity index (χ2v) is 3.45. The summed E-state index contributed by atoms with van der Waals surface area (Å²) >= 11 is 0. The molecule has 1 rings (SSSR count). The average molecular weight is 227 g/mol. The van der Waals surface area contributed by atoms with Crippen LogP contribution >= 0.6 is 0 Å². The van der Waals surface area contributed by atoms with E-state index in [0.29, 0.717) is 29.2 Å². The van der Waals surface area contributed by atoms with Gasteiger partial charge in [0.25, 0.3) is 0 Å². The van der Waals surface area contributed by atoms with Gasteiger partial charge in [0.1, 0.15) is 11.9 Å². The van der Waals surface area contributed by atoms with Crippen LogP contribution in [0.4, 0.5) is 0 Å². The van der Waals surface area contributed by atoms with Gasteiger partial charge in [-0.1, -0.05) is 0 Å². The fraction of sp³-hybridized carbons (Fsp3) is 0.545. The number of hydrogen-bond acceptors (Lipinski definition) is 5. The molecule has 90 valence electrons. The van der Waals surface area contributed by atoms with Gasteiger partial charge in [0, 0.05) is 24.4 Å². The quantitative estimate of drug-likeness (QED) is 0.769. The zero-order chi connectivity index (χ0) is 12.1. The number of aryl methyl sites for hydroxylation is 1. The molecule has 0 saturated heterocycles. The van der Waals surface area contributed by atoms with Gasteiger partial charge in [-0.05, 0) is 6.92 Å². The number of pyridine rings is 1. The maximum atomic E-state index is 9.76. The van der Waals surface area contributed by atoms with Crippen molar-refractivity contribution in [1.29, 1.82) is 0 Å². The number of methoxy groups -OCH3 is 2. The van der Waals surface area contributed by atoms with E-state index >= 15 is 0 Å². The summed E-state index contributed by atoms with van der Waals surface area (Å²) in [7, 11) is 3.07. The maximum absolute atomic E-state index is 9.76. The third-order valence-corrected chi connectivity index (χ3v) is 2.34. The first-order valence-electron chi connectivity index (χ1n) is 4.95. The normalized spacial score (nSPS) is 12.6. The summed E-state index contributed by atoms with van der Waals surface area (Å²) in [5.74, 6) is 0.496. The molecule has 0 aliphatic heterocycles. The number of aliphatic hydroxyl groups excluding tert-OH is 2. The van der Waals surface area contributed by atoms with Gasteiger partial charge >= 0.3 is 0 Å². The van der Waals surface area contributed by atoms with E-state index in [1.165, 1.54) is 7.11 Å². The van der Waals surface area contributed by atoms with Gasteiger partial charge in [-0.15, -0.1) is 0 Å². The molecule has 5 nitrogen and oxygen atoms in total. The van der Waals surface area contributed by atoms with Crippen LogP contribution in [0.25, 0.3) is 0 Å². The van der Waals surface area contributed by atoms with Crippen molar-refractivity contribution in [2.75, 3.05) is 20.8 Å². The van der Waals surface area contributed by atoms with Gasteiger partial charge in [0.2, 0.25) is 0 Å². The Morgan fingerprint density at radius 1 is 1.44 bits per heavy atom. The van der Waals surface area contributed by atoms with E-state index in [4.69, 9.17) is 14.6 Å². The molecule has 1 unspecified atom stereocenters. The van der Waals surface area contributed by atoms with Crippen molar-refractivity contribution in [3.8, 4) is 5.75 Å². The molecule has 2 N–H and O–H groups in total. The molecule has 0 spiro atoms. The highest BCUT2D eigenvalue weighted by atomic mass is 16.5. The van der Waals surface area contributed by atoms with Crippen molar-refractivity contribution < 1.29 is 19.7 Å². The third-order valence-electron chi connectivity index (χ3n) is 2.34. The van der Waals surface area contributed by atoms with Crippen molar-refractivity contribution in [2.24, 2.45) is 0 Å². The standard InChI is InChI=1S/C11H17NO4/c1-7-11(16-3)10(9(14)5-13)8(4-12-7)6-15-2/h4,9,13-14H,5-6H2,1-3H3. The monoisotopic (exact) mass is 227 g/mol. The van der Waals surface area contributed by atoms with Gasteiger partial charge < -0.3 is 19.7 Å². The summed E-state index contributed by atoms with van der Waals surface area (Å²) in [5.41, 5.74) is 1.93. The fourth-order valence-electron chi connectivity index (χ4n) is 1.63. The van der Waals surface area contributed by atoms with Crippen LogP contribution in [-0.4, -0.2) is 36.0 Å². The van der Waals surface area contributed by atoms with E-state index in [0.717, 1.165) is 0 Å². The summed E-state index contributed by atoms with van der Waals surface area (Å²) in [4.78, 5) is 4.15. The van der Waals surface area contributed by atoms with Crippen molar-refractivity contribution in [3.63, 3.8) is 0 Å². The van der Waals surface area contributed by atoms with Gasteiger partial charge in [-0.25, -0.2) is 0 Å². The van der Waals surface area contributed by atoms with Crippen LogP contribution in [0.15, 0.2) is 6.20 Å². The molecule has 5 heteroatoms. The summed E-state index contributed by atoms with van der Waals surface area (Å²) < 4.78 is 10.2. The molecule has 0 fully saturated rings. The summed E-state index contributed by atoms with van der Waals surface area (Å²) in [6.07, 6.45) is 0.636. The van der Waals surface area contributed by atoms with Crippen LogP contribution in [0.1, 0.15) is 22.9 Å². The fourth-order valence-corrected chi connectivity index (χ4v) is 1.63. The second kappa shape index (κ2) is 5.79. The number of rotatable bonds is 5. The van der Waals surface area contributed by atoms with Crippen molar-refractivity contribution >= 4 is 0 Å². The Hall–Kier alpha value is -1.17. The van der Waals surface area contributed by atoms with Crippen molar-refractivity contribution in [3.05, 3.63) is 23.0 Å². The molecule has 0 aliphatic rings. The largest absolute Gasteiger partial charge is 0.494 e. The van der Waals surface area contributed by atoms with Crippen LogP contribution < -0.4 is 4.74 Å². The van der Waals surface area contributed by atoms with Gasteiger partial charge in [-0.3, -0.25) is 4.98 Å². The van der Waals surface area contributed by atoms with E-state index in [1.807, 2.05) is 0 Å². The zero-order valence-electron chi connectivity index (χ0n) is 9.73. The minimum Gasteiger partial charge on any atom is -0.494 e. The first kappa shape index (κ1) is 12.9. The van der Waals surface area contributed by atoms with Gasteiger partial charge in [-0.2, -0.15) is 0 Å². The Morgan fingerprint density at radius 3 is 2.62 bits per heavy atom. The van der Waals surface area contributed by atoms with Gasteiger partial charge in [0.15, 0.2) is 0 Å². The topological polar surface area (TPSA) is 71.8 Å². The number of aromatic nitrogens is 1. The van der Waals surface area contributed by atoms with Crippen molar-refractivity contribution in [1.82, 2.24) is 4.98 Å². The summed E-state index contributed by atoms with van der Waals surface area (Å²) in [6, 6.07) is 0. The van der Waals surface area contributed by atoms with Crippen LogP contribution in [-0.2, 0) is 11.3 Å². The smallest absolute Gasteiger partial charge is 0.146 e. The van der Waals surface area contributed by atoms with E-state index in [1.54, 1.807) is 20.2 Å². The van der Waals surface area contributed by atoms with Crippen LogP contribution in [0.2, 0.25) is 0 Å². The highest BCUT2D eigenvalue weighted by Gasteiger charge is 2.19. The molecule has 0 amide bonds. The molecule has 0 bridgehead atoms. The average Bonchev–Trinajstić information content (AvgIpc) is 2.30. The van der Waals surface area contributed by atoms with Crippen LogP contribution in [0, 0.1) is 6.92 Å². The molecule has 0 radical (unpaired) electrons. The lowest BCUT2D eigenvalue weighted by molar-refractivity contribution is 0.0897. The first-order valence-corrected chi connectivity index (χ1v) is 4.95. The van der Waals surface area contributed by atoms with E-state index in [2.05, 4.69) is 4.98 Å². The molecule has 16 heavy (non-hydrogen) atoms. The minimum atomic E-state index is -0.984. The van der Waals surface area contributed by atoms with Crippen LogP contribution in [0.3, 0.4) is 0 Å². The highest BCUT2D eigenvalue weighted by molar-refractivity contribution is 5.43. The number of aliphatic hydroxyl groups is 2. The highest BCUT2D eigenvalue weighted by Crippen LogP contribution is 2.30.